The van der Waals surface area contributed by atoms with E-state index in [0.717, 1.165) is 41.4 Å². The Morgan fingerprint density at radius 3 is 2.36 bits per heavy atom. The van der Waals surface area contributed by atoms with Gasteiger partial charge in [-0.1, -0.05) is 0 Å². The van der Waals surface area contributed by atoms with Gasteiger partial charge in [-0.25, -0.2) is 9.97 Å². The first-order chi connectivity index (χ1) is 11.8. The number of hydrogen-bond donors (Lipinski definition) is 1. The molecule has 1 saturated heterocycles. The second-order valence-corrected chi connectivity index (χ2v) is 8.79. The van der Waals surface area contributed by atoms with Crippen molar-refractivity contribution in [2.75, 3.05) is 27.2 Å². The molecule has 1 aliphatic rings. The summed E-state index contributed by atoms with van der Waals surface area (Å²) in [6, 6.07) is 3.88. The minimum Gasteiger partial charge on any atom is -0.282 e. The predicted molar refractivity (Wildman–Crippen MR) is 95.2 cm³/mol. The summed E-state index contributed by atoms with van der Waals surface area (Å²) in [5.74, 6) is 0.935. The minimum atomic E-state index is -3.35. The Hall–Kier alpha value is -1.84. The molecule has 25 heavy (non-hydrogen) atoms. The number of H-pyrrole nitrogens is 1. The van der Waals surface area contributed by atoms with Crippen molar-refractivity contribution in [3.05, 3.63) is 29.3 Å². The molecule has 1 fully saturated rings. The van der Waals surface area contributed by atoms with Crippen LogP contribution in [0.15, 0.2) is 12.1 Å². The molecular formula is C16H24N6O2S. The van der Waals surface area contributed by atoms with Gasteiger partial charge in [-0.3, -0.25) is 5.10 Å². The van der Waals surface area contributed by atoms with E-state index in [9.17, 15) is 8.42 Å². The van der Waals surface area contributed by atoms with Crippen molar-refractivity contribution in [1.29, 1.82) is 0 Å². The van der Waals surface area contributed by atoms with E-state index in [4.69, 9.17) is 4.98 Å². The summed E-state index contributed by atoms with van der Waals surface area (Å²) in [5.41, 5.74) is 3.48. The number of nitrogens with one attached hydrogen (secondary N) is 1. The zero-order valence-electron chi connectivity index (χ0n) is 15.0. The fraction of sp³-hybridized carbons (Fsp3) is 0.562. The van der Waals surface area contributed by atoms with Crippen molar-refractivity contribution in [2.45, 2.75) is 32.6 Å². The van der Waals surface area contributed by atoms with Gasteiger partial charge in [0, 0.05) is 44.5 Å². The highest BCUT2D eigenvalue weighted by molar-refractivity contribution is 7.86. The maximum absolute atomic E-state index is 12.2. The molecule has 0 aliphatic carbocycles. The molecule has 8 nitrogen and oxygen atoms in total. The Kier molecular flexibility index (Phi) is 4.90. The Labute approximate surface area is 148 Å². The zero-order valence-corrected chi connectivity index (χ0v) is 15.8. The van der Waals surface area contributed by atoms with Crippen LogP contribution in [0.4, 0.5) is 0 Å². The Morgan fingerprint density at radius 1 is 1.12 bits per heavy atom. The van der Waals surface area contributed by atoms with Gasteiger partial charge in [-0.05, 0) is 38.8 Å². The lowest BCUT2D eigenvalue weighted by atomic mass is 9.97. The quantitative estimate of drug-likeness (QED) is 0.886. The molecule has 2 aromatic heterocycles. The van der Waals surface area contributed by atoms with E-state index in [-0.39, 0.29) is 5.92 Å². The molecule has 0 amide bonds. The van der Waals surface area contributed by atoms with Crippen LogP contribution in [0.25, 0.3) is 11.4 Å². The van der Waals surface area contributed by atoms with E-state index in [1.807, 2.05) is 26.0 Å². The number of aryl methyl sites for hydroxylation is 2. The first kappa shape index (κ1) is 18.0. The van der Waals surface area contributed by atoms with Gasteiger partial charge in [0.05, 0.1) is 5.69 Å². The Morgan fingerprint density at radius 2 is 1.80 bits per heavy atom. The van der Waals surface area contributed by atoms with Gasteiger partial charge in [0.2, 0.25) is 0 Å². The van der Waals surface area contributed by atoms with E-state index in [1.165, 1.54) is 8.61 Å². The van der Waals surface area contributed by atoms with Crippen molar-refractivity contribution in [3.63, 3.8) is 0 Å². The third kappa shape index (κ3) is 3.73. The van der Waals surface area contributed by atoms with Crippen LogP contribution in [0.5, 0.6) is 0 Å². The highest BCUT2D eigenvalue weighted by atomic mass is 32.2. The molecular weight excluding hydrogens is 340 g/mol. The molecule has 0 radical (unpaired) electrons. The van der Waals surface area contributed by atoms with Crippen LogP contribution in [-0.4, -0.2) is 64.4 Å². The summed E-state index contributed by atoms with van der Waals surface area (Å²) >= 11 is 0. The molecule has 0 atom stereocenters. The van der Waals surface area contributed by atoms with Crippen molar-refractivity contribution >= 4 is 10.2 Å². The summed E-state index contributed by atoms with van der Waals surface area (Å²) in [4.78, 5) is 9.28. The van der Waals surface area contributed by atoms with Gasteiger partial charge in [-0.2, -0.15) is 22.1 Å². The normalized spacial score (nSPS) is 17.3. The maximum atomic E-state index is 12.2. The molecule has 0 unspecified atom stereocenters. The number of nitrogens with zero attached hydrogens (tertiary/aromatic N) is 5. The lowest BCUT2D eigenvalue weighted by Gasteiger charge is -2.32. The topological polar surface area (TPSA) is 95.1 Å². The molecule has 3 heterocycles. The molecule has 9 heteroatoms. The second kappa shape index (κ2) is 6.81. The lowest BCUT2D eigenvalue weighted by Crippen LogP contribution is -2.44. The molecule has 3 rings (SSSR count). The standard InChI is InChI=1S/C16H24N6O2S/c1-11-9-14(15-10-12(2)19-20-15)18-16(17-11)13-5-7-22(8-6-13)25(23,24)21(3)4/h9-10,13H,5-8H2,1-4H3,(H,19,20). The van der Waals surface area contributed by atoms with Crippen molar-refractivity contribution in [1.82, 2.24) is 28.8 Å². The van der Waals surface area contributed by atoms with Gasteiger partial charge in [0.25, 0.3) is 10.2 Å². The first-order valence-electron chi connectivity index (χ1n) is 8.33. The third-order valence-corrected chi connectivity index (χ3v) is 6.39. The van der Waals surface area contributed by atoms with Crippen LogP contribution in [0.3, 0.4) is 0 Å². The maximum Gasteiger partial charge on any atom is 0.281 e. The van der Waals surface area contributed by atoms with E-state index < -0.39 is 10.2 Å². The third-order valence-electron chi connectivity index (χ3n) is 4.45. The summed E-state index contributed by atoms with van der Waals surface area (Å²) < 4.78 is 27.2. The monoisotopic (exact) mass is 364 g/mol. The van der Waals surface area contributed by atoms with Crippen molar-refractivity contribution in [2.24, 2.45) is 0 Å². The number of hydrogen-bond acceptors (Lipinski definition) is 5. The van der Waals surface area contributed by atoms with Gasteiger partial charge in [0.15, 0.2) is 0 Å². The van der Waals surface area contributed by atoms with Crippen LogP contribution in [0.2, 0.25) is 0 Å². The number of aromatic amines is 1. The highest BCUT2D eigenvalue weighted by Gasteiger charge is 2.31. The van der Waals surface area contributed by atoms with Gasteiger partial charge in [0.1, 0.15) is 11.5 Å². The van der Waals surface area contributed by atoms with Crippen LogP contribution in [0.1, 0.15) is 36.0 Å². The molecule has 1 N–H and O–H groups in total. The van der Waals surface area contributed by atoms with Crippen LogP contribution in [0, 0.1) is 13.8 Å². The van der Waals surface area contributed by atoms with Crippen molar-refractivity contribution in [3.8, 4) is 11.4 Å². The Bertz CT molecular complexity index is 853. The Balaban J connectivity index is 1.79. The SMILES string of the molecule is Cc1cc(-c2cc(C)[nH]n2)nc(C2CCN(S(=O)(=O)N(C)C)CC2)n1. The largest absolute Gasteiger partial charge is 0.282 e. The fourth-order valence-corrected chi connectivity index (χ4v) is 4.16. The summed E-state index contributed by atoms with van der Waals surface area (Å²) in [6.07, 6.45) is 1.44. The molecule has 136 valence electrons. The molecule has 0 aromatic carbocycles. The van der Waals surface area contributed by atoms with Gasteiger partial charge < -0.3 is 0 Å². The van der Waals surface area contributed by atoms with Gasteiger partial charge >= 0.3 is 0 Å². The summed E-state index contributed by atoms with van der Waals surface area (Å²) in [7, 11) is -0.233. The van der Waals surface area contributed by atoms with E-state index >= 15 is 0 Å². The molecule has 0 spiro atoms. The zero-order chi connectivity index (χ0) is 18.2. The highest BCUT2D eigenvalue weighted by Crippen LogP contribution is 2.29. The summed E-state index contributed by atoms with van der Waals surface area (Å²) in [6.45, 7) is 4.87. The molecule has 2 aromatic rings. The van der Waals surface area contributed by atoms with Gasteiger partial charge in [-0.15, -0.1) is 0 Å². The van der Waals surface area contributed by atoms with E-state index in [0.29, 0.717) is 13.1 Å². The van der Waals surface area contributed by atoms with E-state index in [2.05, 4.69) is 15.2 Å². The average molecular weight is 364 g/mol. The van der Waals surface area contributed by atoms with Crippen LogP contribution >= 0.6 is 0 Å². The second-order valence-electron chi connectivity index (χ2n) is 6.65. The first-order valence-corrected chi connectivity index (χ1v) is 9.72. The smallest absolute Gasteiger partial charge is 0.281 e. The number of aromatic nitrogens is 4. The van der Waals surface area contributed by atoms with Crippen LogP contribution in [-0.2, 0) is 10.2 Å². The number of rotatable bonds is 4. The minimum absolute atomic E-state index is 0.160. The average Bonchev–Trinajstić information content (AvgIpc) is 3.01. The fourth-order valence-electron chi connectivity index (χ4n) is 3.03. The molecule has 0 bridgehead atoms. The van der Waals surface area contributed by atoms with Crippen LogP contribution < -0.4 is 0 Å². The van der Waals surface area contributed by atoms with E-state index in [1.54, 1.807) is 14.1 Å². The summed E-state index contributed by atoms with van der Waals surface area (Å²) in [5, 5.41) is 7.20. The molecule has 1 aliphatic heterocycles. The number of piperidine rings is 1. The lowest BCUT2D eigenvalue weighted by molar-refractivity contribution is 0.297. The van der Waals surface area contributed by atoms with Crippen molar-refractivity contribution < 1.29 is 8.42 Å². The predicted octanol–water partition coefficient (Wildman–Crippen LogP) is 1.47. The molecule has 0 saturated carbocycles.